The third-order valence-corrected chi connectivity index (χ3v) is 5.12. The number of hydrogen-bond donors (Lipinski definition) is 0. The Morgan fingerprint density at radius 3 is 3.04 bits per heavy atom. The second kappa shape index (κ2) is 7.27. The Morgan fingerprint density at radius 2 is 2.19 bits per heavy atom. The minimum atomic E-state index is 0.0601. The summed E-state index contributed by atoms with van der Waals surface area (Å²) >= 11 is 0. The van der Waals surface area contributed by atoms with Crippen LogP contribution in [0.1, 0.15) is 49.5 Å². The lowest BCUT2D eigenvalue weighted by atomic mass is 9.98. The molecule has 0 aromatic carbocycles. The van der Waals surface area contributed by atoms with Gasteiger partial charge in [-0.25, -0.2) is 15.0 Å². The number of aromatic nitrogens is 5. The van der Waals surface area contributed by atoms with Crippen molar-refractivity contribution >= 4 is 11.7 Å². The average Bonchev–Trinajstić information content (AvgIpc) is 3.33. The van der Waals surface area contributed by atoms with Crippen LogP contribution in [0.5, 0.6) is 0 Å². The lowest BCUT2D eigenvalue weighted by molar-refractivity contribution is -0.135. The van der Waals surface area contributed by atoms with Crippen molar-refractivity contribution < 1.29 is 4.79 Å². The molecule has 1 fully saturated rings. The van der Waals surface area contributed by atoms with Gasteiger partial charge in [0.15, 0.2) is 0 Å². The van der Waals surface area contributed by atoms with Crippen molar-refractivity contribution in [3.63, 3.8) is 0 Å². The van der Waals surface area contributed by atoms with Crippen LogP contribution in [0.25, 0.3) is 5.78 Å². The number of amides is 1. The van der Waals surface area contributed by atoms with Crippen LogP contribution in [0.4, 0.5) is 0 Å². The van der Waals surface area contributed by atoms with Gasteiger partial charge in [-0.15, -0.1) is 0 Å². The van der Waals surface area contributed by atoms with Crippen molar-refractivity contribution in [2.24, 2.45) is 0 Å². The van der Waals surface area contributed by atoms with Crippen LogP contribution in [0.2, 0.25) is 0 Å². The van der Waals surface area contributed by atoms with Gasteiger partial charge in [0.2, 0.25) is 11.7 Å². The first kappa shape index (κ1) is 16.8. The summed E-state index contributed by atoms with van der Waals surface area (Å²) in [4.78, 5) is 28.0. The van der Waals surface area contributed by atoms with E-state index in [1.54, 1.807) is 18.7 Å². The Balaban J connectivity index is 1.48. The fourth-order valence-electron chi connectivity index (χ4n) is 3.77. The molecule has 0 spiro atoms. The molecule has 3 aromatic heterocycles. The standard InChI is InChI=1S/C19H24N6O/c1-15-13-16(22-19-21-8-12-24(15)19)17-5-2-3-10-25(17)18(26)6-4-9-23-11-7-20-14-23/h7-8,11-14,17H,2-6,9-10H2,1H3/t17-/m0/s1. The van der Waals surface area contributed by atoms with Gasteiger partial charge in [-0.2, -0.15) is 0 Å². The van der Waals surface area contributed by atoms with Crippen LogP contribution in [-0.4, -0.2) is 41.3 Å². The maximum atomic E-state index is 12.9. The van der Waals surface area contributed by atoms with Gasteiger partial charge in [0.1, 0.15) is 0 Å². The molecule has 1 atom stereocenters. The molecule has 1 saturated heterocycles. The van der Waals surface area contributed by atoms with Crippen LogP contribution in [0.15, 0.2) is 37.2 Å². The fourth-order valence-corrected chi connectivity index (χ4v) is 3.77. The number of likely N-dealkylation sites (tertiary alicyclic amines) is 1. The van der Waals surface area contributed by atoms with E-state index in [0.29, 0.717) is 12.2 Å². The highest BCUT2D eigenvalue weighted by molar-refractivity contribution is 5.76. The number of hydrogen-bond acceptors (Lipinski definition) is 4. The predicted molar refractivity (Wildman–Crippen MR) is 97.5 cm³/mol. The highest BCUT2D eigenvalue weighted by Gasteiger charge is 2.29. The molecule has 0 unspecified atom stereocenters. The van der Waals surface area contributed by atoms with Crippen LogP contribution in [-0.2, 0) is 11.3 Å². The molecule has 0 bridgehead atoms. The van der Waals surface area contributed by atoms with E-state index in [4.69, 9.17) is 4.98 Å². The number of carbonyl (C=O) groups excluding carboxylic acids is 1. The van der Waals surface area contributed by atoms with Gasteiger partial charge in [0, 0.05) is 50.0 Å². The van der Waals surface area contributed by atoms with Gasteiger partial charge in [-0.3, -0.25) is 9.20 Å². The quantitative estimate of drug-likeness (QED) is 0.708. The molecule has 3 aromatic rings. The molecule has 1 amide bonds. The zero-order valence-corrected chi connectivity index (χ0v) is 15.1. The van der Waals surface area contributed by atoms with Crippen molar-refractivity contribution in [3.8, 4) is 0 Å². The molecule has 4 heterocycles. The van der Waals surface area contributed by atoms with Crippen molar-refractivity contribution in [1.82, 2.24) is 28.8 Å². The Bertz CT molecular complexity index is 885. The van der Waals surface area contributed by atoms with E-state index < -0.39 is 0 Å². The Morgan fingerprint density at radius 1 is 1.27 bits per heavy atom. The first-order valence-corrected chi connectivity index (χ1v) is 9.28. The highest BCUT2D eigenvalue weighted by atomic mass is 16.2. The van der Waals surface area contributed by atoms with Crippen molar-refractivity contribution in [1.29, 1.82) is 0 Å². The summed E-state index contributed by atoms with van der Waals surface area (Å²) in [5, 5.41) is 0. The van der Waals surface area contributed by atoms with Crippen LogP contribution >= 0.6 is 0 Å². The minimum absolute atomic E-state index is 0.0601. The average molecular weight is 352 g/mol. The molecule has 0 saturated carbocycles. The van der Waals surface area contributed by atoms with E-state index in [0.717, 1.165) is 50.2 Å². The van der Waals surface area contributed by atoms with E-state index in [9.17, 15) is 4.79 Å². The van der Waals surface area contributed by atoms with Crippen molar-refractivity contribution in [2.75, 3.05) is 6.54 Å². The second-order valence-corrected chi connectivity index (χ2v) is 6.92. The molecule has 0 radical (unpaired) electrons. The molecule has 0 N–H and O–H groups in total. The maximum Gasteiger partial charge on any atom is 0.234 e. The maximum absolute atomic E-state index is 12.9. The topological polar surface area (TPSA) is 68.3 Å². The van der Waals surface area contributed by atoms with Gasteiger partial charge in [-0.1, -0.05) is 0 Å². The first-order valence-electron chi connectivity index (χ1n) is 9.28. The number of fused-ring (bicyclic) bond motifs is 1. The van der Waals surface area contributed by atoms with Gasteiger partial charge < -0.3 is 9.47 Å². The van der Waals surface area contributed by atoms with E-state index >= 15 is 0 Å². The molecule has 0 aliphatic carbocycles. The van der Waals surface area contributed by atoms with Gasteiger partial charge >= 0.3 is 0 Å². The molecular formula is C19H24N6O. The number of nitrogens with zero attached hydrogens (tertiary/aromatic N) is 6. The van der Waals surface area contributed by atoms with Crippen molar-refractivity contribution in [3.05, 3.63) is 48.6 Å². The highest BCUT2D eigenvalue weighted by Crippen LogP contribution is 2.31. The lowest BCUT2D eigenvalue weighted by Gasteiger charge is -2.35. The minimum Gasteiger partial charge on any atom is -0.337 e. The Kier molecular flexibility index (Phi) is 4.69. The Labute approximate surface area is 152 Å². The predicted octanol–water partition coefficient (Wildman–Crippen LogP) is 2.77. The molecule has 136 valence electrons. The normalized spacial score (nSPS) is 17.7. The lowest BCUT2D eigenvalue weighted by Crippen LogP contribution is -2.39. The molecule has 7 nitrogen and oxygen atoms in total. The third kappa shape index (κ3) is 3.34. The van der Waals surface area contributed by atoms with E-state index in [-0.39, 0.29) is 11.9 Å². The van der Waals surface area contributed by atoms with Crippen LogP contribution in [0.3, 0.4) is 0 Å². The van der Waals surface area contributed by atoms with Crippen LogP contribution < -0.4 is 0 Å². The van der Waals surface area contributed by atoms with Crippen LogP contribution in [0, 0.1) is 6.92 Å². The summed E-state index contributed by atoms with van der Waals surface area (Å²) in [6, 6.07) is 2.15. The van der Waals surface area contributed by atoms with Gasteiger partial charge in [0.05, 0.1) is 18.1 Å². The summed E-state index contributed by atoms with van der Waals surface area (Å²) in [7, 11) is 0. The third-order valence-electron chi connectivity index (χ3n) is 5.12. The van der Waals surface area contributed by atoms with Gasteiger partial charge in [-0.05, 0) is 38.7 Å². The first-order chi connectivity index (χ1) is 12.7. The van der Waals surface area contributed by atoms with Crippen molar-refractivity contribution in [2.45, 2.75) is 51.6 Å². The molecule has 7 heteroatoms. The zero-order valence-electron chi connectivity index (χ0n) is 15.1. The molecular weight excluding hydrogens is 328 g/mol. The molecule has 26 heavy (non-hydrogen) atoms. The molecule has 4 rings (SSSR count). The monoisotopic (exact) mass is 352 g/mol. The summed E-state index contributed by atoms with van der Waals surface area (Å²) in [6.07, 6.45) is 13.7. The fraction of sp³-hybridized carbons (Fsp3) is 0.474. The van der Waals surface area contributed by atoms with Gasteiger partial charge in [0.25, 0.3) is 0 Å². The summed E-state index contributed by atoms with van der Waals surface area (Å²) in [5.74, 6) is 0.926. The second-order valence-electron chi connectivity index (χ2n) is 6.92. The number of aryl methyl sites for hydroxylation is 2. The molecule has 1 aliphatic rings. The number of piperidine rings is 1. The number of rotatable bonds is 5. The number of carbonyl (C=O) groups is 1. The smallest absolute Gasteiger partial charge is 0.234 e. The van der Waals surface area contributed by atoms with E-state index in [2.05, 4.69) is 23.0 Å². The summed E-state index contributed by atoms with van der Waals surface area (Å²) in [5.41, 5.74) is 2.06. The van der Waals surface area contributed by atoms with E-state index in [1.807, 2.05) is 26.3 Å². The largest absolute Gasteiger partial charge is 0.337 e. The molecule has 1 aliphatic heterocycles. The summed E-state index contributed by atoms with van der Waals surface area (Å²) < 4.78 is 3.99. The zero-order chi connectivity index (χ0) is 17.9. The Hall–Kier alpha value is -2.70. The SMILES string of the molecule is Cc1cc([C@@H]2CCCCN2C(=O)CCCn2ccnc2)nc2nccn12. The summed E-state index contributed by atoms with van der Waals surface area (Å²) in [6.45, 7) is 3.69. The van der Waals surface area contributed by atoms with E-state index in [1.165, 1.54) is 0 Å². The number of imidazole rings is 2.